The normalized spacial score (nSPS) is 10.7. The van der Waals surface area contributed by atoms with E-state index in [2.05, 4.69) is 35.4 Å². The van der Waals surface area contributed by atoms with Gasteiger partial charge in [-0.3, -0.25) is 0 Å². The van der Waals surface area contributed by atoms with E-state index < -0.39 is 0 Å². The maximum Gasteiger partial charge on any atom is 0.282 e. The van der Waals surface area contributed by atoms with Gasteiger partial charge in [-0.15, -0.1) is 0 Å². The molecule has 1 rings (SSSR count). The van der Waals surface area contributed by atoms with Gasteiger partial charge >= 0.3 is 0 Å². The Morgan fingerprint density at radius 1 is 1.38 bits per heavy atom. The molecule has 3 nitrogen and oxygen atoms in total. The van der Waals surface area contributed by atoms with Crippen LogP contribution in [0.25, 0.3) is 0 Å². The van der Waals surface area contributed by atoms with Crippen molar-refractivity contribution in [2.75, 3.05) is 6.61 Å². The number of ether oxygens (including phenoxy) is 1. The van der Waals surface area contributed by atoms with Gasteiger partial charge in [0.15, 0.2) is 0 Å². The van der Waals surface area contributed by atoms with Crippen LogP contribution in [0.4, 0.5) is 0 Å². The first kappa shape index (κ1) is 10.3. The molecule has 0 aromatic carbocycles. The lowest BCUT2D eigenvalue weighted by atomic mass is 10.5. The van der Waals surface area contributed by atoms with Crippen molar-refractivity contribution in [3.05, 3.63) is 18.2 Å². The summed E-state index contributed by atoms with van der Waals surface area (Å²) in [5, 5.41) is 0. The maximum atomic E-state index is 5.42. The first-order valence-electron chi connectivity index (χ1n) is 4.98. The fourth-order valence-corrected chi connectivity index (χ4v) is 1.43. The lowest BCUT2D eigenvalue weighted by Gasteiger charge is -2.01. The van der Waals surface area contributed by atoms with Crippen molar-refractivity contribution in [1.29, 1.82) is 0 Å². The third-order valence-electron chi connectivity index (χ3n) is 2.21. The fourth-order valence-electron chi connectivity index (χ4n) is 1.43. The minimum Gasteiger partial charge on any atom is -0.369 e. The van der Waals surface area contributed by atoms with E-state index in [0.29, 0.717) is 6.61 Å². The third kappa shape index (κ3) is 2.31. The summed E-state index contributed by atoms with van der Waals surface area (Å²) in [4.78, 5) is 0. The van der Waals surface area contributed by atoms with Crippen LogP contribution in [-0.2, 0) is 24.4 Å². The highest BCUT2D eigenvalue weighted by Gasteiger charge is 2.13. The van der Waals surface area contributed by atoms with Crippen LogP contribution in [0.2, 0.25) is 0 Å². The van der Waals surface area contributed by atoms with E-state index >= 15 is 0 Å². The SMILES string of the molecule is CCOCc1n(CC)cc[n+]1CC. The molecule has 3 heteroatoms. The van der Waals surface area contributed by atoms with Crippen molar-refractivity contribution in [2.45, 2.75) is 40.5 Å². The number of hydrogen-bond donors (Lipinski definition) is 0. The number of hydrogen-bond acceptors (Lipinski definition) is 1. The average Bonchev–Trinajstić information content (AvgIpc) is 2.56. The summed E-state index contributed by atoms with van der Waals surface area (Å²) in [6.45, 7) is 9.83. The van der Waals surface area contributed by atoms with Gasteiger partial charge < -0.3 is 4.74 Å². The highest BCUT2D eigenvalue weighted by Crippen LogP contribution is 1.97. The van der Waals surface area contributed by atoms with Gasteiger partial charge in [0.2, 0.25) is 0 Å². The van der Waals surface area contributed by atoms with Gasteiger partial charge in [-0.05, 0) is 20.8 Å². The van der Waals surface area contributed by atoms with Gasteiger partial charge in [0.1, 0.15) is 19.0 Å². The van der Waals surface area contributed by atoms with E-state index in [-0.39, 0.29) is 0 Å². The van der Waals surface area contributed by atoms with Crippen molar-refractivity contribution in [3.63, 3.8) is 0 Å². The first-order valence-corrected chi connectivity index (χ1v) is 4.98. The van der Waals surface area contributed by atoms with Crippen molar-refractivity contribution in [2.24, 2.45) is 0 Å². The van der Waals surface area contributed by atoms with E-state index in [1.165, 1.54) is 5.82 Å². The number of imidazole rings is 1. The second kappa shape index (κ2) is 5.02. The Labute approximate surface area is 79.9 Å². The monoisotopic (exact) mass is 183 g/mol. The molecule has 1 heterocycles. The molecule has 0 fully saturated rings. The van der Waals surface area contributed by atoms with Gasteiger partial charge in [-0.25, -0.2) is 9.13 Å². The van der Waals surface area contributed by atoms with Crippen LogP contribution in [0.15, 0.2) is 12.4 Å². The fraction of sp³-hybridized carbons (Fsp3) is 0.700. The van der Waals surface area contributed by atoms with Crippen molar-refractivity contribution in [1.82, 2.24) is 4.57 Å². The number of aryl methyl sites for hydroxylation is 2. The molecule has 1 aromatic rings. The Kier molecular flexibility index (Phi) is 3.96. The predicted octanol–water partition coefficient (Wildman–Crippen LogP) is 1.35. The Morgan fingerprint density at radius 2 is 2.15 bits per heavy atom. The molecule has 0 bridgehead atoms. The minimum absolute atomic E-state index is 0.713. The Bertz CT molecular complexity index is 234. The van der Waals surface area contributed by atoms with Gasteiger partial charge in [0, 0.05) is 6.61 Å². The second-order valence-electron chi connectivity index (χ2n) is 2.92. The summed E-state index contributed by atoms with van der Waals surface area (Å²) < 4.78 is 9.86. The highest BCUT2D eigenvalue weighted by atomic mass is 16.5. The number of nitrogens with zero attached hydrogens (tertiary/aromatic N) is 2. The van der Waals surface area contributed by atoms with Crippen LogP contribution >= 0.6 is 0 Å². The van der Waals surface area contributed by atoms with E-state index in [1.54, 1.807) is 0 Å². The van der Waals surface area contributed by atoms with Crippen LogP contribution in [0.3, 0.4) is 0 Å². The summed E-state index contributed by atoms with van der Waals surface area (Å²) in [5.41, 5.74) is 0. The Balaban J connectivity index is 2.78. The van der Waals surface area contributed by atoms with Crippen molar-refractivity contribution in [3.8, 4) is 0 Å². The minimum atomic E-state index is 0.713. The molecule has 0 aliphatic rings. The molecule has 0 aliphatic carbocycles. The molecular formula is C10H19N2O+. The molecule has 0 spiro atoms. The summed E-state index contributed by atoms with van der Waals surface area (Å²) in [6.07, 6.45) is 4.22. The zero-order valence-corrected chi connectivity index (χ0v) is 8.79. The lowest BCUT2D eigenvalue weighted by molar-refractivity contribution is -0.702. The molecule has 1 aromatic heterocycles. The quantitative estimate of drug-likeness (QED) is 0.630. The first-order chi connectivity index (χ1) is 6.33. The Morgan fingerprint density at radius 3 is 2.69 bits per heavy atom. The highest BCUT2D eigenvalue weighted by molar-refractivity contribution is 4.81. The second-order valence-corrected chi connectivity index (χ2v) is 2.92. The predicted molar refractivity (Wildman–Crippen MR) is 51.3 cm³/mol. The number of aromatic nitrogens is 2. The molecular weight excluding hydrogens is 164 g/mol. The van der Waals surface area contributed by atoms with Crippen molar-refractivity contribution < 1.29 is 9.30 Å². The third-order valence-corrected chi connectivity index (χ3v) is 2.21. The molecule has 0 saturated carbocycles. The van der Waals surface area contributed by atoms with Gasteiger partial charge in [-0.1, -0.05) is 0 Å². The van der Waals surface area contributed by atoms with Crippen LogP contribution in [0.1, 0.15) is 26.6 Å². The van der Waals surface area contributed by atoms with Gasteiger partial charge in [0.25, 0.3) is 5.82 Å². The smallest absolute Gasteiger partial charge is 0.282 e. The van der Waals surface area contributed by atoms with Crippen molar-refractivity contribution >= 4 is 0 Å². The average molecular weight is 183 g/mol. The van der Waals surface area contributed by atoms with E-state index in [9.17, 15) is 0 Å². The van der Waals surface area contributed by atoms with Crippen LogP contribution < -0.4 is 4.57 Å². The largest absolute Gasteiger partial charge is 0.369 e. The summed E-state index contributed by atoms with van der Waals surface area (Å²) in [5.74, 6) is 1.26. The number of rotatable bonds is 5. The molecule has 0 unspecified atom stereocenters. The molecule has 0 aliphatic heterocycles. The maximum absolute atomic E-state index is 5.42. The summed E-state index contributed by atoms with van der Waals surface area (Å²) >= 11 is 0. The summed E-state index contributed by atoms with van der Waals surface area (Å²) in [7, 11) is 0. The van der Waals surface area contributed by atoms with Gasteiger partial charge in [-0.2, -0.15) is 0 Å². The van der Waals surface area contributed by atoms with E-state index in [1.807, 2.05) is 6.92 Å². The lowest BCUT2D eigenvalue weighted by Crippen LogP contribution is -2.36. The van der Waals surface area contributed by atoms with Gasteiger partial charge in [0.05, 0.1) is 13.1 Å². The summed E-state index contributed by atoms with van der Waals surface area (Å²) in [6, 6.07) is 0. The molecule has 0 amide bonds. The molecule has 0 atom stereocenters. The zero-order valence-electron chi connectivity index (χ0n) is 8.79. The molecule has 0 saturated heterocycles. The van der Waals surface area contributed by atoms with Crippen LogP contribution in [0.5, 0.6) is 0 Å². The van der Waals surface area contributed by atoms with Crippen LogP contribution in [-0.4, -0.2) is 11.2 Å². The van der Waals surface area contributed by atoms with E-state index in [4.69, 9.17) is 4.74 Å². The van der Waals surface area contributed by atoms with Crippen LogP contribution in [0, 0.1) is 0 Å². The zero-order chi connectivity index (χ0) is 9.68. The standard InChI is InChI=1S/C10H19N2O/c1-4-11-7-8-12(5-2)10(11)9-13-6-3/h7-8H,4-6,9H2,1-3H3/q+1. The molecule has 0 N–H and O–H groups in total. The molecule has 0 radical (unpaired) electrons. The molecule has 74 valence electrons. The van der Waals surface area contributed by atoms with E-state index in [0.717, 1.165) is 19.7 Å². The topological polar surface area (TPSA) is 18.0 Å². The molecule has 13 heavy (non-hydrogen) atoms. The Hall–Kier alpha value is -0.830.